The zero-order valence-electron chi connectivity index (χ0n) is 6.35. The first-order valence-corrected chi connectivity index (χ1v) is 3.34. The zero-order chi connectivity index (χ0) is 8.20. The quantitative estimate of drug-likeness (QED) is 0.463. The summed E-state index contributed by atoms with van der Waals surface area (Å²) in [5.74, 6) is 1.40. The van der Waals surface area contributed by atoms with Crippen LogP contribution in [0.3, 0.4) is 0 Å². The highest BCUT2D eigenvalue weighted by molar-refractivity contribution is 6.01. The molecule has 0 aliphatic carbocycles. The molecule has 1 N–H and O–H groups in total. The first-order chi connectivity index (χ1) is 4.60. The van der Waals surface area contributed by atoms with Crippen LogP contribution in [-0.2, 0) is 4.79 Å². The number of carbonyl (C=O) groups is 1. The van der Waals surface area contributed by atoms with Crippen LogP contribution >= 0.6 is 0 Å². The van der Waals surface area contributed by atoms with E-state index < -0.39 is 11.4 Å². The Hall–Kier alpha value is -0.810. The Bertz CT molecular complexity index is 161. The minimum Gasteiger partial charge on any atom is -0.381 e. The van der Waals surface area contributed by atoms with E-state index in [0.29, 0.717) is 12.8 Å². The third-order valence-corrected chi connectivity index (χ3v) is 1.72. The van der Waals surface area contributed by atoms with Gasteiger partial charge in [-0.1, -0.05) is 13.8 Å². The lowest BCUT2D eigenvalue weighted by atomic mass is 9.93. The molecule has 0 fully saturated rings. The number of terminal acetylenes is 1. The van der Waals surface area contributed by atoms with Crippen molar-refractivity contribution in [2.45, 2.75) is 32.3 Å². The summed E-state index contributed by atoms with van der Waals surface area (Å²) in [4.78, 5) is 10.8. The van der Waals surface area contributed by atoms with E-state index in [1.807, 2.05) is 5.92 Å². The standard InChI is InChI=1S/C8H12O2/c1-4-7(9)8(10,5-2)6-3/h1,10H,5-6H2,2-3H3. The van der Waals surface area contributed by atoms with Crippen LogP contribution in [0.5, 0.6) is 0 Å². The number of carbonyl (C=O) groups excluding carboxylic acids is 1. The van der Waals surface area contributed by atoms with E-state index in [4.69, 9.17) is 6.42 Å². The number of ketones is 1. The summed E-state index contributed by atoms with van der Waals surface area (Å²) in [6, 6.07) is 0. The summed E-state index contributed by atoms with van der Waals surface area (Å²) >= 11 is 0. The number of hydrogen-bond donors (Lipinski definition) is 1. The largest absolute Gasteiger partial charge is 0.381 e. The Balaban J connectivity index is 4.36. The maximum Gasteiger partial charge on any atom is 0.236 e. The van der Waals surface area contributed by atoms with E-state index in [-0.39, 0.29) is 0 Å². The van der Waals surface area contributed by atoms with Gasteiger partial charge in [0.15, 0.2) is 0 Å². The van der Waals surface area contributed by atoms with Crippen molar-refractivity contribution < 1.29 is 9.90 Å². The maximum absolute atomic E-state index is 10.8. The molecule has 0 bridgehead atoms. The van der Waals surface area contributed by atoms with E-state index >= 15 is 0 Å². The molecular weight excluding hydrogens is 128 g/mol. The molecule has 10 heavy (non-hydrogen) atoms. The first kappa shape index (κ1) is 9.19. The van der Waals surface area contributed by atoms with Gasteiger partial charge in [0.05, 0.1) is 0 Å². The van der Waals surface area contributed by atoms with Crippen molar-refractivity contribution in [3.63, 3.8) is 0 Å². The van der Waals surface area contributed by atoms with Gasteiger partial charge in [-0.05, 0) is 18.8 Å². The van der Waals surface area contributed by atoms with E-state index in [9.17, 15) is 9.90 Å². The van der Waals surface area contributed by atoms with Crippen molar-refractivity contribution in [3.8, 4) is 12.3 Å². The maximum atomic E-state index is 10.8. The highest BCUT2D eigenvalue weighted by atomic mass is 16.3. The fourth-order valence-electron chi connectivity index (χ4n) is 0.705. The van der Waals surface area contributed by atoms with Crippen LogP contribution in [0.1, 0.15) is 26.7 Å². The number of rotatable bonds is 3. The Kier molecular flexibility index (Phi) is 3.11. The summed E-state index contributed by atoms with van der Waals surface area (Å²) in [5, 5.41) is 9.41. The second-order valence-electron chi connectivity index (χ2n) is 2.21. The van der Waals surface area contributed by atoms with Crippen LogP contribution in [0, 0.1) is 12.3 Å². The minimum atomic E-state index is -1.28. The number of Topliss-reactive ketones (excluding diaryl/α,β-unsaturated/α-hetero) is 1. The summed E-state index contributed by atoms with van der Waals surface area (Å²) in [5.41, 5.74) is -1.28. The molecule has 0 atom stereocenters. The number of aliphatic hydroxyl groups is 1. The molecule has 0 aromatic carbocycles. The predicted octanol–water partition coefficient (Wildman–Crippen LogP) is 0.740. The average Bonchev–Trinajstić information content (AvgIpc) is 2.01. The van der Waals surface area contributed by atoms with Gasteiger partial charge < -0.3 is 5.11 Å². The average molecular weight is 140 g/mol. The second-order valence-corrected chi connectivity index (χ2v) is 2.21. The molecule has 0 rings (SSSR count). The molecule has 0 spiro atoms. The fraction of sp³-hybridized carbons (Fsp3) is 0.625. The normalized spacial score (nSPS) is 10.6. The smallest absolute Gasteiger partial charge is 0.236 e. The molecule has 0 saturated carbocycles. The lowest BCUT2D eigenvalue weighted by Gasteiger charge is -2.19. The SMILES string of the molecule is C#CC(=O)C(O)(CC)CC. The fourth-order valence-corrected chi connectivity index (χ4v) is 0.705. The van der Waals surface area contributed by atoms with Crippen molar-refractivity contribution in [2.24, 2.45) is 0 Å². The Morgan fingerprint density at radius 3 is 2.10 bits per heavy atom. The van der Waals surface area contributed by atoms with Crippen molar-refractivity contribution in [1.82, 2.24) is 0 Å². The lowest BCUT2D eigenvalue weighted by Crippen LogP contribution is -2.35. The van der Waals surface area contributed by atoms with Crippen LogP contribution < -0.4 is 0 Å². The van der Waals surface area contributed by atoms with Crippen LogP contribution in [0.15, 0.2) is 0 Å². The molecular formula is C8H12O2. The lowest BCUT2D eigenvalue weighted by molar-refractivity contribution is -0.131. The third-order valence-electron chi connectivity index (χ3n) is 1.72. The van der Waals surface area contributed by atoms with E-state index in [2.05, 4.69) is 0 Å². The number of hydrogen-bond acceptors (Lipinski definition) is 2. The van der Waals surface area contributed by atoms with Crippen molar-refractivity contribution >= 4 is 5.78 Å². The molecule has 0 amide bonds. The van der Waals surface area contributed by atoms with Crippen LogP contribution in [0.25, 0.3) is 0 Å². The van der Waals surface area contributed by atoms with Gasteiger partial charge in [-0.15, -0.1) is 6.42 Å². The molecule has 0 unspecified atom stereocenters. The predicted molar refractivity (Wildman–Crippen MR) is 39.4 cm³/mol. The Morgan fingerprint density at radius 1 is 1.60 bits per heavy atom. The van der Waals surface area contributed by atoms with Gasteiger partial charge in [0.2, 0.25) is 5.78 Å². The molecule has 56 valence electrons. The van der Waals surface area contributed by atoms with Gasteiger partial charge in [-0.3, -0.25) is 4.79 Å². The molecule has 0 aliphatic rings. The van der Waals surface area contributed by atoms with Crippen LogP contribution in [-0.4, -0.2) is 16.5 Å². The summed E-state index contributed by atoms with van der Waals surface area (Å²) in [6.07, 6.45) is 5.61. The summed E-state index contributed by atoms with van der Waals surface area (Å²) in [6.45, 7) is 3.47. The molecule has 0 aromatic rings. The van der Waals surface area contributed by atoms with Crippen molar-refractivity contribution in [2.75, 3.05) is 0 Å². The molecule has 2 nitrogen and oxygen atoms in total. The topological polar surface area (TPSA) is 37.3 Å². The van der Waals surface area contributed by atoms with Gasteiger partial charge in [0.1, 0.15) is 5.60 Å². The summed E-state index contributed by atoms with van der Waals surface area (Å²) in [7, 11) is 0. The van der Waals surface area contributed by atoms with Crippen LogP contribution in [0.4, 0.5) is 0 Å². The van der Waals surface area contributed by atoms with E-state index in [1.165, 1.54) is 0 Å². The van der Waals surface area contributed by atoms with Gasteiger partial charge in [0.25, 0.3) is 0 Å². The van der Waals surface area contributed by atoms with Gasteiger partial charge in [-0.2, -0.15) is 0 Å². The summed E-state index contributed by atoms with van der Waals surface area (Å²) < 4.78 is 0. The zero-order valence-corrected chi connectivity index (χ0v) is 6.35. The van der Waals surface area contributed by atoms with Gasteiger partial charge in [-0.25, -0.2) is 0 Å². The highest BCUT2D eigenvalue weighted by Gasteiger charge is 2.29. The molecule has 0 radical (unpaired) electrons. The third kappa shape index (κ3) is 1.58. The monoisotopic (exact) mass is 140 g/mol. The Morgan fingerprint density at radius 2 is 2.00 bits per heavy atom. The molecule has 0 saturated heterocycles. The van der Waals surface area contributed by atoms with Crippen molar-refractivity contribution in [3.05, 3.63) is 0 Å². The molecule has 0 heterocycles. The first-order valence-electron chi connectivity index (χ1n) is 3.34. The highest BCUT2D eigenvalue weighted by Crippen LogP contribution is 2.14. The second kappa shape index (κ2) is 3.38. The van der Waals surface area contributed by atoms with Crippen LogP contribution in [0.2, 0.25) is 0 Å². The van der Waals surface area contributed by atoms with E-state index in [1.54, 1.807) is 13.8 Å². The minimum absolute atomic E-state index is 0.381. The van der Waals surface area contributed by atoms with Gasteiger partial charge in [0, 0.05) is 0 Å². The Labute approximate surface area is 61.2 Å². The molecule has 0 aromatic heterocycles. The van der Waals surface area contributed by atoms with Crippen molar-refractivity contribution in [1.29, 1.82) is 0 Å². The molecule has 2 heteroatoms. The van der Waals surface area contributed by atoms with E-state index in [0.717, 1.165) is 0 Å². The molecule has 0 aliphatic heterocycles. The van der Waals surface area contributed by atoms with Gasteiger partial charge >= 0.3 is 0 Å².